The Hall–Kier alpha value is -1.81. The fourth-order valence-electron chi connectivity index (χ4n) is 2.55. The Morgan fingerprint density at radius 2 is 1.19 bits per heavy atom. The van der Waals surface area contributed by atoms with Gasteiger partial charge in [-0.1, -0.05) is 82.3 Å². The maximum Gasteiger partial charge on any atom is 0.421 e. The van der Waals surface area contributed by atoms with Gasteiger partial charge in [-0.05, 0) is 48.3 Å². The van der Waals surface area contributed by atoms with Crippen LogP contribution in [0.2, 0.25) is 0 Å². The van der Waals surface area contributed by atoms with E-state index >= 15 is 0 Å². The van der Waals surface area contributed by atoms with E-state index in [2.05, 4.69) is 44.2 Å². The summed E-state index contributed by atoms with van der Waals surface area (Å²) in [4.78, 5) is 0. The highest BCUT2D eigenvalue weighted by molar-refractivity contribution is 5.29. The lowest BCUT2D eigenvalue weighted by atomic mass is 9.91. The summed E-state index contributed by atoms with van der Waals surface area (Å²) in [5.74, 6) is 1.01. The summed E-state index contributed by atoms with van der Waals surface area (Å²) < 4.78 is 37.8. The SMILES string of the molecule is CCC(C)c1ccc(C(C)(O)C(F)(F)F)cc1.CCC(C)c1ccccc1. The topological polar surface area (TPSA) is 20.2 Å². The van der Waals surface area contributed by atoms with E-state index in [0.717, 1.165) is 18.9 Å². The number of benzene rings is 2. The summed E-state index contributed by atoms with van der Waals surface area (Å²) in [6.07, 6.45) is -2.51. The summed E-state index contributed by atoms with van der Waals surface area (Å²) >= 11 is 0. The second-order valence-electron chi connectivity index (χ2n) is 7.22. The summed E-state index contributed by atoms with van der Waals surface area (Å²) in [5, 5.41) is 9.48. The quantitative estimate of drug-likeness (QED) is 0.583. The van der Waals surface area contributed by atoms with Gasteiger partial charge in [0.15, 0.2) is 5.60 Å². The Kier molecular flexibility index (Phi) is 8.55. The minimum atomic E-state index is -4.66. The van der Waals surface area contributed by atoms with Crippen LogP contribution in [0.1, 0.15) is 76.0 Å². The zero-order valence-corrected chi connectivity index (χ0v) is 16.8. The van der Waals surface area contributed by atoms with Gasteiger partial charge in [-0.25, -0.2) is 0 Å². The van der Waals surface area contributed by atoms with Gasteiger partial charge in [0.1, 0.15) is 0 Å². The van der Waals surface area contributed by atoms with Crippen LogP contribution >= 0.6 is 0 Å². The van der Waals surface area contributed by atoms with E-state index in [1.54, 1.807) is 12.1 Å². The summed E-state index contributed by atoms with van der Waals surface area (Å²) in [6.45, 7) is 9.28. The average molecular weight is 380 g/mol. The third-order valence-electron chi connectivity index (χ3n) is 5.19. The van der Waals surface area contributed by atoms with Crippen molar-refractivity contribution < 1.29 is 18.3 Å². The van der Waals surface area contributed by atoms with Crippen molar-refractivity contribution >= 4 is 0 Å². The Labute approximate surface area is 161 Å². The van der Waals surface area contributed by atoms with Crippen LogP contribution in [0.4, 0.5) is 13.2 Å². The molecule has 0 fully saturated rings. The molecular weight excluding hydrogens is 349 g/mol. The van der Waals surface area contributed by atoms with Crippen molar-refractivity contribution in [3.8, 4) is 0 Å². The molecule has 0 radical (unpaired) electrons. The third-order valence-corrected chi connectivity index (χ3v) is 5.19. The Morgan fingerprint density at radius 1 is 0.778 bits per heavy atom. The molecule has 3 atom stereocenters. The second kappa shape index (κ2) is 9.93. The number of hydrogen-bond donors (Lipinski definition) is 1. The molecule has 27 heavy (non-hydrogen) atoms. The molecule has 2 aromatic rings. The highest BCUT2D eigenvalue weighted by Gasteiger charge is 2.51. The molecule has 0 aliphatic carbocycles. The van der Waals surface area contributed by atoms with Crippen molar-refractivity contribution in [2.75, 3.05) is 0 Å². The van der Waals surface area contributed by atoms with Crippen LogP contribution in [0.15, 0.2) is 54.6 Å². The molecule has 150 valence electrons. The van der Waals surface area contributed by atoms with E-state index in [0.29, 0.717) is 11.8 Å². The third kappa shape index (κ3) is 6.39. The summed E-state index contributed by atoms with van der Waals surface area (Å²) in [5.41, 5.74) is -0.489. The molecule has 1 nitrogen and oxygen atoms in total. The maximum absolute atomic E-state index is 12.6. The lowest BCUT2D eigenvalue weighted by Crippen LogP contribution is -2.39. The van der Waals surface area contributed by atoms with Gasteiger partial charge in [0.25, 0.3) is 0 Å². The first-order chi connectivity index (χ1) is 12.5. The van der Waals surface area contributed by atoms with Crippen LogP contribution in [-0.2, 0) is 5.60 Å². The predicted octanol–water partition coefficient (Wildman–Crippen LogP) is 7.17. The molecule has 0 saturated carbocycles. The van der Waals surface area contributed by atoms with Crippen molar-refractivity contribution in [1.29, 1.82) is 0 Å². The lowest BCUT2D eigenvalue weighted by molar-refractivity contribution is -0.258. The van der Waals surface area contributed by atoms with Gasteiger partial charge < -0.3 is 5.11 Å². The van der Waals surface area contributed by atoms with Gasteiger partial charge in [0, 0.05) is 0 Å². The van der Waals surface area contributed by atoms with Crippen LogP contribution in [-0.4, -0.2) is 11.3 Å². The number of halogens is 3. The molecule has 0 aromatic heterocycles. The van der Waals surface area contributed by atoms with E-state index in [9.17, 15) is 18.3 Å². The molecule has 0 aliphatic rings. The first-order valence-electron chi connectivity index (χ1n) is 9.49. The maximum atomic E-state index is 12.6. The Bertz CT molecular complexity index is 660. The molecule has 0 aliphatic heterocycles. The monoisotopic (exact) mass is 380 g/mol. The van der Waals surface area contributed by atoms with E-state index in [1.165, 1.54) is 24.1 Å². The van der Waals surface area contributed by atoms with Crippen molar-refractivity contribution in [3.63, 3.8) is 0 Å². The molecule has 3 unspecified atom stereocenters. The Morgan fingerprint density at radius 3 is 1.56 bits per heavy atom. The fraction of sp³-hybridized carbons (Fsp3) is 0.478. The number of hydrogen-bond acceptors (Lipinski definition) is 1. The van der Waals surface area contributed by atoms with Gasteiger partial charge in [0.05, 0.1) is 0 Å². The van der Waals surface area contributed by atoms with E-state index < -0.39 is 11.8 Å². The molecule has 0 spiro atoms. The van der Waals surface area contributed by atoms with E-state index in [1.807, 2.05) is 13.8 Å². The highest BCUT2D eigenvalue weighted by Crippen LogP contribution is 2.38. The molecule has 2 aromatic carbocycles. The van der Waals surface area contributed by atoms with Gasteiger partial charge in [-0.3, -0.25) is 0 Å². The van der Waals surface area contributed by atoms with Crippen LogP contribution in [0.3, 0.4) is 0 Å². The minimum absolute atomic E-state index is 0.128. The molecule has 0 amide bonds. The highest BCUT2D eigenvalue weighted by atomic mass is 19.4. The van der Waals surface area contributed by atoms with Gasteiger partial charge in [-0.2, -0.15) is 13.2 Å². The van der Waals surface area contributed by atoms with Crippen LogP contribution < -0.4 is 0 Å². The molecule has 0 heterocycles. The summed E-state index contributed by atoms with van der Waals surface area (Å²) in [7, 11) is 0. The Balaban J connectivity index is 0.000000309. The normalized spacial score (nSPS) is 15.9. The summed E-state index contributed by atoms with van der Waals surface area (Å²) in [6, 6.07) is 16.6. The van der Waals surface area contributed by atoms with Crippen molar-refractivity contribution in [3.05, 3.63) is 71.3 Å². The minimum Gasteiger partial charge on any atom is -0.376 e. The fourth-order valence-corrected chi connectivity index (χ4v) is 2.55. The standard InChI is InChI=1S/C13H17F3O.C10H14/c1-4-9(2)10-5-7-11(8-6-10)12(3,17)13(14,15)16;1-3-9(2)10-7-5-4-6-8-10/h5-9,17H,4H2,1-3H3;4-9H,3H2,1-2H3. The molecular formula is C23H31F3O. The average Bonchev–Trinajstić information content (AvgIpc) is 2.67. The second-order valence-corrected chi connectivity index (χ2v) is 7.22. The predicted molar refractivity (Wildman–Crippen MR) is 106 cm³/mol. The van der Waals surface area contributed by atoms with Gasteiger partial charge in [-0.15, -0.1) is 0 Å². The molecule has 1 N–H and O–H groups in total. The van der Waals surface area contributed by atoms with Crippen LogP contribution in [0.25, 0.3) is 0 Å². The van der Waals surface area contributed by atoms with Crippen LogP contribution in [0.5, 0.6) is 0 Å². The number of aliphatic hydroxyl groups is 1. The molecule has 4 heteroatoms. The van der Waals surface area contributed by atoms with E-state index in [4.69, 9.17) is 0 Å². The van der Waals surface area contributed by atoms with Crippen molar-refractivity contribution in [1.82, 2.24) is 0 Å². The zero-order valence-electron chi connectivity index (χ0n) is 16.8. The van der Waals surface area contributed by atoms with Crippen molar-refractivity contribution in [2.45, 2.75) is 71.1 Å². The van der Waals surface area contributed by atoms with Gasteiger partial charge >= 0.3 is 6.18 Å². The molecule has 0 bridgehead atoms. The first-order valence-corrected chi connectivity index (χ1v) is 9.49. The van der Waals surface area contributed by atoms with Gasteiger partial charge in [0.2, 0.25) is 0 Å². The number of alkyl halides is 3. The molecule has 2 rings (SSSR count). The zero-order chi connectivity index (χ0) is 20.7. The lowest BCUT2D eigenvalue weighted by Gasteiger charge is -2.27. The van der Waals surface area contributed by atoms with Crippen LogP contribution in [0, 0.1) is 0 Å². The van der Waals surface area contributed by atoms with Crippen molar-refractivity contribution in [2.24, 2.45) is 0 Å². The number of rotatable bonds is 5. The first kappa shape index (κ1) is 23.2. The largest absolute Gasteiger partial charge is 0.421 e. The van der Waals surface area contributed by atoms with E-state index in [-0.39, 0.29) is 5.56 Å². The molecule has 0 saturated heterocycles. The smallest absolute Gasteiger partial charge is 0.376 e.